The van der Waals surface area contributed by atoms with Crippen molar-refractivity contribution >= 4 is 83.2 Å². The minimum absolute atomic E-state index is 0.0636. The van der Waals surface area contributed by atoms with E-state index < -0.39 is 158 Å². The van der Waals surface area contributed by atoms with Crippen LogP contribution in [0.3, 0.4) is 0 Å². The van der Waals surface area contributed by atoms with E-state index in [-0.39, 0.29) is 64.0 Å². The first kappa shape index (κ1) is 65.8. The first-order chi connectivity index (χ1) is 36.1. The zero-order chi connectivity index (χ0) is 57.3. The molecule has 422 valence electrons. The average molecular weight is 1080 g/mol. The Bertz CT molecular complexity index is 2050. The minimum Gasteiger partial charge on any atom is -0.466 e. The standard InChI is InChI=1S/C48H68N6O22/c1-9-69-37(57)23-31(45(65)73-13-5)49-35(55)21-29(43(63)53-33(47(67)75-15-7)25-39(59)71-11-3)51-41(61)27-17-19-28(20-18-27)42(62)52-30(44(64)54-34(48(68)76-16-8)26-40(60)72-12-4)22-36(56)50-32(46(66)74-14-6)24-38(58)70-10-2/h17-20,29-34H,9-16,21-26H2,1-8H3,(H,49,55)(H,50,56)(H,51,61)(H,52,62)(H,53,63)(H,54,64)/t29-,30-,31-,32-,33-,34-/m0/s1. The van der Waals surface area contributed by atoms with Crippen LogP contribution in [-0.2, 0) is 95.4 Å². The molecule has 0 bridgehead atoms. The summed E-state index contributed by atoms with van der Waals surface area (Å²) in [4.78, 5) is 183. The molecule has 0 saturated heterocycles. The average Bonchev–Trinajstić information content (AvgIpc) is 3.35. The Morgan fingerprint density at radius 2 is 0.526 bits per heavy atom. The van der Waals surface area contributed by atoms with E-state index in [2.05, 4.69) is 31.9 Å². The molecule has 0 aliphatic rings. The Morgan fingerprint density at radius 1 is 0.303 bits per heavy atom. The van der Waals surface area contributed by atoms with Gasteiger partial charge in [0.1, 0.15) is 36.3 Å². The highest BCUT2D eigenvalue weighted by Crippen LogP contribution is 2.11. The second kappa shape index (κ2) is 35.9. The first-order valence-electron chi connectivity index (χ1n) is 24.3. The van der Waals surface area contributed by atoms with Crippen LogP contribution in [0, 0.1) is 0 Å². The third-order valence-corrected chi connectivity index (χ3v) is 9.72. The van der Waals surface area contributed by atoms with Gasteiger partial charge in [0.15, 0.2) is 0 Å². The third-order valence-electron chi connectivity index (χ3n) is 9.72. The zero-order valence-corrected chi connectivity index (χ0v) is 43.7. The Labute approximate surface area is 437 Å². The van der Waals surface area contributed by atoms with Crippen molar-refractivity contribution in [2.45, 2.75) is 130 Å². The maximum Gasteiger partial charge on any atom is 0.329 e. The molecule has 6 atom stereocenters. The smallest absolute Gasteiger partial charge is 0.329 e. The molecule has 76 heavy (non-hydrogen) atoms. The van der Waals surface area contributed by atoms with Gasteiger partial charge in [0.2, 0.25) is 23.6 Å². The van der Waals surface area contributed by atoms with E-state index in [0.29, 0.717) is 0 Å². The van der Waals surface area contributed by atoms with Crippen LogP contribution in [0.4, 0.5) is 0 Å². The van der Waals surface area contributed by atoms with Gasteiger partial charge in [0.25, 0.3) is 11.8 Å². The van der Waals surface area contributed by atoms with Crippen molar-refractivity contribution in [1.82, 2.24) is 31.9 Å². The molecule has 0 aromatic heterocycles. The maximum absolute atomic E-state index is 13.8. The van der Waals surface area contributed by atoms with E-state index in [1.807, 2.05) is 0 Å². The molecule has 1 aromatic carbocycles. The fraction of sp³-hybridized carbons (Fsp3) is 0.583. The Kier molecular flexibility index (Phi) is 31.1. The topological polar surface area (TPSA) is 385 Å². The third kappa shape index (κ3) is 24.7. The summed E-state index contributed by atoms with van der Waals surface area (Å²) in [6, 6.07) is -6.12. The molecule has 0 aliphatic heterocycles. The van der Waals surface area contributed by atoms with Crippen molar-refractivity contribution < 1.29 is 105 Å². The predicted molar refractivity (Wildman–Crippen MR) is 257 cm³/mol. The van der Waals surface area contributed by atoms with Crippen LogP contribution in [0.2, 0.25) is 0 Å². The predicted octanol–water partition coefficient (Wildman–Crippen LogP) is -1.33. The number of rotatable bonds is 34. The number of nitrogens with one attached hydrogen (secondary N) is 6. The van der Waals surface area contributed by atoms with Gasteiger partial charge in [-0.3, -0.25) is 47.9 Å². The molecule has 0 radical (unpaired) electrons. The van der Waals surface area contributed by atoms with Gasteiger partial charge in [-0.15, -0.1) is 0 Å². The molecular weight excluding hydrogens is 1010 g/mol. The number of carbonyl (C=O) groups excluding carboxylic acids is 14. The van der Waals surface area contributed by atoms with Crippen molar-refractivity contribution in [1.29, 1.82) is 0 Å². The fourth-order valence-corrected chi connectivity index (χ4v) is 6.39. The van der Waals surface area contributed by atoms with Gasteiger partial charge in [-0.25, -0.2) is 19.2 Å². The summed E-state index contributed by atoms with van der Waals surface area (Å²) in [5, 5.41) is 13.7. The summed E-state index contributed by atoms with van der Waals surface area (Å²) in [5.74, 6) is -14.6. The van der Waals surface area contributed by atoms with Crippen molar-refractivity contribution in [2.75, 3.05) is 52.9 Å². The van der Waals surface area contributed by atoms with Crippen LogP contribution in [0.5, 0.6) is 0 Å². The summed E-state index contributed by atoms with van der Waals surface area (Å²) in [7, 11) is 0. The lowest BCUT2D eigenvalue weighted by molar-refractivity contribution is -0.153. The molecule has 0 fully saturated rings. The Balaban J connectivity index is 3.69. The van der Waals surface area contributed by atoms with Crippen molar-refractivity contribution in [3.63, 3.8) is 0 Å². The maximum atomic E-state index is 13.8. The number of hydrogen-bond acceptors (Lipinski definition) is 22. The Hall–Kier alpha value is -8.20. The Morgan fingerprint density at radius 3 is 0.750 bits per heavy atom. The molecule has 28 nitrogen and oxygen atoms in total. The van der Waals surface area contributed by atoms with E-state index in [9.17, 15) is 67.1 Å². The lowest BCUT2D eigenvalue weighted by atomic mass is 10.1. The largest absolute Gasteiger partial charge is 0.466 e. The van der Waals surface area contributed by atoms with Gasteiger partial charge in [0, 0.05) is 11.1 Å². The van der Waals surface area contributed by atoms with Gasteiger partial charge in [0.05, 0.1) is 91.4 Å². The monoisotopic (exact) mass is 1080 g/mol. The van der Waals surface area contributed by atoms with Gasteiger partial charge in [-0.1, -0.05) is 0 Å². The highest BCUT2D eigenvalue weighted by Gasteiger charge is 2.36. The highest BCUT2D eigenvalue weighted by atomic mass is 16.6. The number of amides is 6. The van der Waals surface area contributed by atoms with Crippen molar-refractivity contribution in [3.05, 3.63) is 35.4 Å². The zero-order valence-electron chi connectivity index (χ0n) is 43.7. The lowest BCUT2D eigenvalue weighted by Gasteiger charge is -2.23. The van der Waals surface area contributed by atoms with Crippen LogP contribution in [-0.4, -0.2) is 172 Å². The molecule has 0 aliphatic carbocycles. The molecule has 1 rings (SSSR count). The first-order valence-corrected chi connectivity index (χ1v) is 24.3. The van der Waals surface area contributed by atoms with Crippen LogP contribution >= 0.6 is 0 Å². The number of ether oxygens (including phenoxy) is 8. The summed E-state index contributed by atoms with van der Waals surface area (Å²) in [6.07, 6.45) is -4.72. The fourth-order valence-electron chi connectivity index (χ4n) is 6.39. The molecular formula is C48H68N6O22. The molecule has 0 spiro atoms. The van der Waals surface area contributed by atoms with E-state index in [0.717, 1.165) is 24.3 Å². The lowest BCUT2D eigenvalue weighted by Crippen LogP contribution is -2.54. The number of benzene rings is 1. The number of hydrogen-bond donors (Lipinski definition) is 6. The highest BCUT2D eigenvalue weighted by molar-refractivity contribution is 6.03. The second-order valence-corrected chi connectivity index (χ2v) is 15.4. The molecule has 6 N–H and O–H groups in total. The summed E-state index contributed by atoms with van der Waals surface area (Å²) in [5.41, 5.74) is -0.544. The number of carbonyl (C=O) groups is 14. The summed E-state index contributed by atoms with van der Waals surface area (Å²) >= 11 is 0. The van der Waals surface area contributed by atoms with Crippen molar-refractivity contribution in [3.8, 4) is 0 Å². The van der Waals surface area contributed by atoms with E-state index in [1.165, 1.54) is 55.4 Å². The molecule has 6 amide bonds. The van der Waals surface area contributed by atoms with Gasteiger partial charge in [-0.05, 0) is 79.7 Å². The van der Waals surface area contributed by atoms with E-state index in [1.54, 1.807) is 0 Å². The van der Waals surface area contributed by atoms with Crippen LogP contribution in [0.15, 0.2) is 24.3 Å². The van der Waals surface area contributed by atoms with Crippen molar-refractivity contribution in [2.24, 2.45) is 0 Å². The quantitative estimate of drug-likeness (QED) is 0.0344. The molecule has 0 saturated carbocycles. The minimum atomic E-state index is -1.89. The normalized spacial score (nSPS) is 12.8. The van der Waals surface area contributed by atoms with Gasteiger partial charge >= 0.3 is 47.8 Å². The van der Waals surface area contributed by atoms with Crippen LogP contribution in [0.25, 0.3) is 0 Å². The van der Waals surface area contributed by atoms with Gasteiger partial charge < -0.3 is 69.8 Å². The summed E-state index contributed by atoms with van der Waals surface area (Å²) < 4.78 is 39.4. The second-order valence-electron chi connectivity index (χ2n) is 15.4. The molecule has 0 unspecified atom stereocenters. The van der Waals surface area contributed by atoms with Crippen LogP contribution in [0.1, 0.15) is 115 Å². The number of esters is 8. The molecule has 28 heteroatoms. The van der Waals surface area contributed by atoms with E-state index >= 15 is 0 Å². The summed E-state index contributed by atoms with van der Waals surface area (Å²) in [6.45, 7) is 10.9. The van der Waals surface area contributed by atoms with E-state index in [4.69, 9.17) is 37.9 Å². The molecule has 0 heterocycles. The van der Waals surface area contributed by atoms with Gasteiger partial charge in [-0.2, -0.15) is 0 Å². The SMILES string of the molecule is CCOC(=O)C[C@H](NC(=O)C[C@H](NC(=O)c1ccc(C(=O)N[C@@H](CC(=O)N[C@@H](CC(=O)OCC)C(=O)OCC)C(=O)N[C@@H](CC(=O)OCC)C(=O)OCC)cc1)C(=O)N[C@@H](CC(=O)OCC)C(=O)OCC)C(=O)OCC. The molecule has 1 aromatic rings. The van der Waals surface area contributed by atoms with Crippen LogP contribution < -0.4 is 31.9 Å².